The van der Waals surface area contributed by atoms with Gasteiger partial charge < -0.3 is 16.0 Å². The molecule has 0 aliphatic carbocycles. The SMILES string of the molecule is CCN(CC)c1ccc(Nc2nc(Cl)nc(C)c2N)cc1. The van der Waals surface area contributed by atoms with Gasteiger partial charge in [0, 0.05) is 24.5 Å². The van der Waals surface area contributed by atoms with Crippen LogP contribution in [0.4, 0.5) is 22.9 Å². The Bertz CT molecular complexity index is 608. The largest absolute Gasteiger partial charge is 0.394 e. The van der Waals surface area contributed by atoms with Gasteiger partial charge in [-0.3, -0.25) is 0 Å². The molecule has 0 bridgehead atoms. The molecule has 0 saturated heterocycles. The van der Waals surface area contributed by atoms with E-state index in [4.69, 9.17) is 17.3 Å². The van der Waals surface area contributed by atoms with Crippen LogP contribution in [0.5, 0.6) is 0 Å². The van der Waals surface area contributed by atoms with E-state index in [9.17, 15) is 0 Å². The highest BCUT2D eigenvalue weighted by Gasteiger charge is 2.08. The van der Waals surface area contributed by atoms with Crippen molar-refractivity contribution in [1.29, 1.82) is 0 Å². The zero-order valence-corrected chi connectivity index (χ0v) is 13.3. The van der Waals surface area contributed by atoms with Gasteiger partial charge in [-0.25, -0.2) is 4.98 Å². The molecule has 3 N–H and O–H groups in total. The van der Waals surface area contributed by atoms with E-state index in [0.29, 0.717) is 17.2 Å². The molecule has 0 atom stereocenters. The van der Waals surface area contributed by atoms with Gasteiger partial charge in [0.05, 0.1) is 11.4 Å². The van der Waals surface area contributed by atoms with Crippen molar-refractivity contribution in [2.75, 3.05) is 29.0 Å². The smallest absolute Gasteiger partial charge is 0.224 e. The van der Waals surface area contributed by atoms with Crippen LogP contribution in [0.15, 0.2) is 24.3 Å². The fourth-order valence-corrected chi connectivity index (χ4v) is 2.34. The molecule has 0 fully saturated rings. The molecule has 0 radical (unpaired) electrons. The first-order valence-corrected chi connectivity index (χ1v) is 7.34. The number of nitrogens with zero attached hydrogens (tertiary/aromatic N) is 3. The van der Waals surface area contributed by atoms with Crippen LogP contribution in [0.2, 0.25) is 5.28 Å². The number of rotatable bonds is 5. The summed E-state index contributed by atoms with van der Waals surface area (Å²) in [6.07, 6.45) is 0. The molecular formula is C15H20ClN5. The quantitative estimate of drug-likeness (QED) is 0.826. The van der Waals surface area contributed by atoms with E-state index in [1.807, 2.05) is 12.1 Å². The first kappa shape index (κ1) is 15.4. The van der Waals surface area contributed by atoms with E-state index in [1.54, 1.807) is 6.92 Å². The Kier molecular flexibility index (Phi) is 4.85. The average molecular weight is 306 g/mol. The number of hydrogen-bond donors (Lipinski definition) is 2. The maximum Gasteiger partial charge on any atom is 0.224 e. The predicted molar refractivity (Wildman–Crippen MR) is 89.5 cm³/mol. The molecular weight excluding hydrogens is 286 g/mol. The molecule has 5 nitrogen and oxygen atoms in total. The Balaban J connectivity index is 2.21. The molecule has 1 heterocycles. The zero-order chi connectivity index (χ0) is 15.4. The van der Waals surface area contributed by atoms with Crippen LogP contribution in [0.3, 0.4) is 0 Å². The maximum atomic E-state index is 5.97. The number of aromatic nitrogens is 2. The number of halogens is 1. The highest BCUT2D eigenvalue weighted by atomic mass is 35.5. The van der Waals surface area contributed by atoms with Crippen LogP contribution in [-0.4, -0.2) is 23.1 Å². The van der Waals surface area contributed by atoms with E-state index in [0.717, 1.165) is 18.8 Å². The zero-order valence-electron chi connectivity index (χ0n) is 12.5. The van der Waals surface area contributed by atoms with Gasteiger partial charge in [0.1, 0.15) is 0 Å². The van der Waals surface area contributed by atoms with Gasteiger partial charge in [0.25, 0.3) is 0 Å². The highest BCUT2D eigenvalue weighted by molar-refractivity contribution is 6.28. The number of benzene rings is 1. The molecule has 0 saturated carbocycles. The molecule has 6 heteroatoms. The van der Waals surface area contributed by atoms with Gasteiger partial charge >= 0.3 is 0 Å². The van der Waals surface area contributed by atoms with E-state index in [1.165, 1.54) is 5.69 Å². The van der Waals surface area contributed by atoms with Crippen LogP contribution in [0, 0.1) is 6.92 Å². The summed E-state index contributed by atoms with van der Waals surface area (Å²) in [6.45, 7) is 8.05. The lowest BCUT2D eigenvalue weighted by atomic mass is 10.2. The number of nitrogens with two attached hydrogens (primary N) is 1. The van der Waals surface area contributed by atoms with Crippen molar-refractivity contribution in [3.8, 4) is 0 Å². The Labute approximate surface area is 130 Å². The summed E-state index contributed by atoms with van der Waals surface area (Å²) in [5.74, 6) is 0.531. The monoisotopic (exact) mass is 305 g/mol. The fraction of sp³-hybridized carbons (Fsp3) is 0.333. The molecule has 1 aromatic carbocycles. The summed E-state index contributed by atoms with van der Waals surface area (Å²) in [5.41, 5.74) is 9.24. The van der Waals surface area contributed by atoms with Crippen molar-refractivity contribution in [2.24, 2.45) is 0 Å². The van der Waals surface area contributed by atoms with Crippen molar-refractivity contribution >= 4 is 34.5 Å². The fourth-order valence-electron chi connectivity index (χ4n) is 2.12. The van der Waals surface area contributed by atoms with Gasteiger partial charge in [-0.1, -0.05) is 0 Å². The second-order valence-corrected chi connectivity index (χ2v) is 5.02. The third kappa shape index (κ3) is 3.55. The number of anilines is 4. The van der Waals surface area contributed by atoms with Crippen LogP contribution < -0.4 is 16.0 Å². The molecule has 2 aromatic rings. The van der Waals surface area contributed by atoms with Gasteiger partial charge in [0.2, 0.25) is 5.28 Å². The van der Waals surface area contributed by atoms with Crippen molar-refractivity contribution in [3.05, 3.63) is 35.2 Å². The molecule has 2 rings (SSSR count). The van der Waals surface area contributed by atoms with Gasteiger partial charge in [-0.2, -0.15) is 4.98 Å². The van der Waals surface area contributed by atoms with Gasteiger partial charge in [-0.05, 0) is 56.6 Å². The van der Waals surface area contributed by atoms with Crippen molar-refractivity contribution in [1.82, 2.24) is 9.97 Å². The summed E-state index contributed by atoms with van der Waals surface area (Å²) in [7, 11) is 0. The normalized spacial score (nSPS) is 10.5. The van der Waals surface area contributed by atoms with Gasteiger partial charge in [0.15, 0.2) is 5.82 Å². The second-order valence-electron chi connectivity index (χ2n) is 4.68. The minimum Gasteiger partial charge on any atom is -0.394 e. The van der Waals surface area contributed by atoms with Crippen molar-refractivity contribution < 1.29 is 0 Å². The minimum absolute atomic E-state index is 0.184. The minimum atomic E-state index is 0.184. The summed E-state index contributed by atoms with van der Waals surface area (Å²) in [5, 5.41) is 3.36. The topological polar surface area (TPSA) is 67.1 Å². The average Bonchev–Trinajstić information content (AvgIpc) is 2.47. The van der Waals surface area contributed by atoms with Crippen LogP contribution >= 0.6 is 11.6 Å². The lowest BCUT2D eigenvalue weighted by molar-refractivity contribution is 0.866. The summed E-state index contributed by atoms with van der Waals surface area (Å²) >= 11 is 5.87. The molecule has 0 aliphatic rings. The summed E-state index contributed by atoms with van der Waals surface area (Å²) in [6, 6.07) is 8.14. The van der Waals surface area contributed by atoms with Crippen molar-refractivity contribution in [3.63, 3.8) is 0 Å². The highest BCUT2D eigenvalue weighted by Crippen LogP contribution is 2.25. The van der Waals surface area contributed by atoms with E-state index < -0.39 is 0 Å². The summed E-state index contributed by atoms with van der Waals surface area (Å²) in [4.78, 5) is 10.4. The predicted octanol–water partition coefficient (Wildman–Crippen LogP) is 3.61. The first-order valence-electron chi connectivity index (χ1n) is 6.96. The number of nitrogens with one attached hydrogen (secondary N) is 1. The number of aryl methyl sites for hydroxylation is 1. The Morgan fingerprint density at radius 1 is 1.14 bits per heavy atom. The number of nitrogen functional groups attached to an aromatic ring is 1. The Hall–Kier alpha value is -2.01. The van der Waals surface area contributed by atoms with Crippen LogP contribution in [0.1, 0.15) is 19.5 Å². The van der Waals surface area contributed by atoms with Gasteiger partial charge in [-0.15, -0.1) is 0 Å². The molecule has 0 spiro atoms. The molecule has 0 aliphatic heterocycles. The van der Waals surface area contributed by atoms with Crippen molar-refractivity contribution in [2.45, 2.75) is 20.8 Å². The van der Waals surface area contributed by atoms with E-state index in [-0.39, 0.29) is 5.28 Å². The molecule has 112 valence electrons. The number of hydrogen-bond acceptors (Lipinski definition) is 5. The van der Waals surface area contributed by atoms with E-state index >= 15 is 0 Å². The maximum absolute atomic E-state index is 5.97. The van der Waals surface area contributed by atoms with Crippen LogP contribution in [-0.2, 0) is 0 Å². The third-order valence-corrected chi connectivity index (χ3v) is 3.54. The molecule has 0 unspecified atom stereocenters. The third-order valence-electron chi connectivity index (χ3n) is 3.37. The Morgan fingerprint density at radius 2 is 1.76 bits per heavy atom. The molecule has 1 aromatic heterocycles. The second kappa shape index (κ2) is 6.63. The Morgan fingerprint density at radius 3 is 2.33 bits per heavy atom. The van der Waals surface area contributed by atoms with E-state index in [2.05, 4.69) is 46.2 Å². The standard InChI is InChI=1S/C15H20ClN5/c1-4-21(5-2)12-8-6-11(7-9-12)19-14-13(17)10(3)18-15(16)20-14/h6-9H,4-5,17H2,1-3H3,(H,18,19,20). The summed E-state index contributed by atoms with van der Waals surface area (Å²) < 4.78 is 0. The van der Waals surface area contributed by atoms with Crippen LogP contribution in [0.25, 0.3) is 0 Å². The lowest BCUT2D eigenvalue weighted by Crippen LogP contribution is -2.21. The lowest BCUT2D eigenvalue weighted by Gasteiger charge is -2.21. The molecule has 0 amide bonds. The first-order chi connectivity index (χ1) is 10.0. The molecule has 21 heavy (non-hydrogen) atoms.